The van der Waals surface area contributed by atoms with Gasteiger partial charge in [0.05, 0.1) is 20.2 Å². The molecule has 1 amide bonds. The summed E-state index contributed by atoms with van der Waals surface area (Å²) in [5.74, 6) is 3.38. The minimum atomic E-state index is 0. The zero-order valence-corrected chi connectivity index (χ0v) is 20.2. The Kier molecular flexibility index (Phi) is 8.88. The molecule has 1 aliphatic rings. The number of likely N-dealkylation sites (tertiary alicyclic amines) is 1. The number of aromatic nitrogens is 3. The Labute approximate surface area is 194 Å². The van der Waals surface area contributed by atoms with Gasteiger partial charge in [0.25, 0.3) is 0 Å². The van der Waals surface area contributed by atoms with Crippen LogP contribution in [0.25, 0.3) is 0 Å². The SMILES string of the molecule is COc1ccc(CN=C(NCc2nnc(C)n2C)NC2CCC(=O)N(C)C2)cc1.I. The quantitative estimate of drug-likeness (QED) is 0.337. The van der Waals surface area contributed by atoms with Crippen molar-refractivity contribution in [2.24, 2.45) is 12.0 Å². The molecule has 0 spiro atoms. The Morgan fingerprint density at radius 1 is 1.27 bits per heavy atom. The zero-order valence-electron chi connectivity index (χ0n) is 17.9. The average molecular weight is 527 g/mol. The summed E-state index contributed by atoms with van der Waals surface area (Å²) in [5, 5.41) is 15.1. The molecular weight excluding hydrogens is 497 g/mol. The van der Waals surface area contributed by atoms with Gasteiger partial charge >= 0.3 is 0 Å². The monoisotopic (exact) mass is 527 g/mol. The first-order valence-corrected chi connectivity index (χ1v) is 9.73. The second-order valence-electron chi connectivity index (χ2n) is 7.24. The van der Waals surface area contributed by atoms with Gasteiger partial charge in [-0.15, -0.1) is 34.2 Å². The molecule has 0 bridgehead atoms. The number of guanidine groups is 1. The third-order valence-corrected chi connectivity index (χ3v) is 5.14. The molecule has 0 aliphatic carbocycles. The lowest BCUT2D eigenvalue weighted by atomic mass is 10.1. The molecular formula is C20H30IN7O2. The minimum Gasteiger partial charge on any atom is -0.497 e. The molecule has 2 aromatic rings. The van der Waals surface area contributed by atoms with Crippen molar-refractivity contribution in [2.75, 3.05) is 20.7 Å². The van der Waals surface area contributed by atoms with Crippen molar-refractivity contribution in [3.05, 3.63) is 41.5 Å². The Morgan fingerprint density at radius 3 is 2.60 bits per heavy atom. The van der Waals surface area contributed by atoms with Crippen molar-refractivity contribution >= 4 is 35.8 Å². The number of nitrogens with one attached hydrogen (secondary N) is 2. The maximum Gasteiger partial charge on any atom is 0.222 e. The number of methoxy groups -OCH3 is 1. The highest BCUT2D eigenvalue weighted by Gasteiger charge is 2.23. The van der Waals surface area contributed by atoms with E-state index < -0.39 is 0 Å². The van der Waals surface area contributed by atoms with E-state index in [-0.39, 0.29) is 35.9 Å². The molecule has 10 heteroatoms. The predicted octanol–water partition coefficient (Wildman–Crippen LogP) is 1.61. The Morgan fingerprint density at radius 2 is 2.00 bits per heavy atom. The number of nitrogens with zero attached hydrogens (tertiary/aromatic N) is 5. The third kappa shape index (κ3) is 6.31. The molecule has 1 saturated heterocycles. The lowest BCUT2D eigenvalue weighted by molar-refractivity contribution is -0.132. The summed E-state index contributed by atoms with van der Waals surface area (Å²) in [4.78, 5) is 18.3. The number of halogens is 1. The number of rotatable bonds is 6. The highest BCUT2D eigenvalue weighted by molar-refractivity contribution is 14.0. The normalized spacial score (nSPS) is 16.8. The molecule has 1 unspecified atom stereocenters. The highest BCUT2D eigenvalue weighted by atomic mass is 127. The molecule has 0 radical (unpaired) electrons. The Balaban J connectivity index is 0.00000320. The molecule has 2 N–H and O–H groups in total. The predicted molar refractivity (Wildman–Crippen MR) is 126 cm³/mol. The number of hydrogen-bond acceptors (Lipinski definition) is 5. The maximum absolute atomic E-state index is 11.8. The second kappa shape index (κ2) is 11.1. The standard InChI is InChI=1S/C20H29N7O2.HI/c1-14-24-25-18(27(14)3)12-22-20(23-16-7-10-19(28)26(2)13-16)21-11-15-5-8-17(29-4)9-6-15;/h5-6,8-9,16H,7,10-13H2,1-4H3,(H2,21,22,23);1H. The Hall–Kier alpha value is -2.37. The summed E-state index contributed by atoms with van der Waals surface area (Å²) < 4.78 is 7.15. The zero-order chi connectivity index (χ0) is 20.8. The number of hydrogen-bond donors (Lipinski definition) is 2. The lowest BCUT2D eigenvalue weighted by Crippen LogP contribution is -2.51. The van der Waals surface area contributed by atoms with E-state index in [9.17, 15) is 4.79 Å². The smallest absolute Gasteiger partial charge is 0.222 e. The van der Waals surface area contributed by atoms with Crippen molar-refractivity contribution in [2.45, 2.75) is 38.9 Å². The summed E-state index contributed by atoms with van der Waals surface area (Å²) in [6, 6.07) is 8.00. The molecule has 30 heavy (non-hydrogen) atoms. The largest absolute Gasteiger partial charge is 0.497 e. The van der Waals surface area contributed by atoms with E-state index in [0.717, 1.165) is 29.4 Å². The Bertz CT molecular complexity index is 867. The van der Waals surface area contributed by atoms with E-state index in [4.69, 9.17) is 9.73 Å². The summed E-state index contributed by atoms with van der Waals surface area (Å²) in [5.41, 5.74) is 1.08. The molecule has 3 rings (SSSR count). The first kappa shape index (κ1) is 23.9. The van der Waals surface area contributed by atoms with Gasteiger partial charge in [0.1, 0.15) is 11.6 Å². The number of carbonyl (C=O) groups excluding carboxylic acids is 1. The lowest BCUT2D eigenvalue weighted by Gasteiger charge is -2.31. The molecule has 9 nitrogen and oxygen atoms in total. The fourth-order valence-corrected chi connectivity index (χ4v) is 3.15. The van der Waals surface area contributed by atoms with Crippen molar-refractivity contribution < 1.29 is 9.53 Å². The van der Waals surface area contributed by atoms with E-state index in [2.05, 4.69) is 20.8 Å². The molecule has 1 atom stereocenters. The first-order chi connectivity index (χ1) is 14.0. The number of piperidine rings is 1. The van der Waals surface area contributed by atoms with Crippen molar-refractivity contribution in [1.29, 1.82) is 0 Å². The van der Waals surface area contributed by atoms with Gasteiger partial charge in [-0.05, 0) is 31.0 Å². The van der Waals surface area contributed by atoms with E-state index in [1.807, 2.05) is 49.9 Å². The number of carbonyl (C=O) groups is 1. The van der Waals surface area contributed by atoms with Crippen LogP contribution in [0.4, 0.5) is 0 Å². The van der Waals surface area contributed by atoms with Crippen LogP contribution < -0.4 is 15.4 Å². The minimum absolute atomic E-state index is 0. The first-order valence-electron chi connectivity index (χ1n) is 9.73. The maximum atomic E-state index is 11.8. The van der Waals surface area contributed by atoms with Crippen LogP contribution in [0.1, 0.15) is 30.1 Å². The second-order valence-corrected chi connectivity index (χ2v) is 7.24. The fraction of sp³-hybridized carbons (Fsp3) is 0.500. The number of aryl methyl sites for hydroxylation is 1. The fourth-order valence-electron chi connectivity index (χ4n) is 3.15. The van der Waals surface area contributed by atoms with Gasteiger partial charge < -0.3 is 24.8 Å². The number of ether oxygens (including phenoxy) is 1. The highest BCUT2D eigenvalue weighted by Crippen LogP contribution is 2.12. The van der Waals surface area contributed by atoms with Crippen molar-refractivity contribution in [3.63, 3.8) is 0 Å². The summed E-state index contributed by atoms with van der Waals surface area (Å²) >= 11 is 0. The molecule has 164 valence electrons. The van der Waals surface area contributed by atoms with Gasteiger partial charge in [0, 0.05) is 33.1 Å². The van der Waals surface area contributed by atoms with E-state index in [1.54, 1.807) is 12.0 Å². The summed E-state index contributed by atoms with van der Waals surface area (Å²) in [6.07, 6.45) is 1.33. The third-order valence-electron chi connectivity index (χ3n) is 5.14. The van der Waals surface area contributed by atoms with E-state index in [1.165, 1.54) is 0 Å². The topological polar surface area (TPSA) is 96.7 Å². The average Bonchev–Trinajstić information content (AvgIpc) is 3.05. The van der Waals surface area contributed by atoms with Crippen LogP contribution in [0.15, 0.2) is 29.3 Å². The number of amides is 1. The van der Waals surface area contributed by atoms with Gasteiger partial charge in [-0.1, -0.05) is 12.1 Å². The molecule has 1 fully saturated rings. The van der Waals surface area contributed by atoms with Crippen LogP contribution in [0.2, 0.25) is 0 Å². The molecule has 1 aromatic carbocycles. The van der Waals surface area contributed by atoms with Gasteiger partial charge in [-0.3, -0.25) is 4.79 Å². The number of likely N-dealkylation sites (N-methyl/N-ethyl adjacent to an activating group) is 1. The van der Waals surface area contributed by atoms with Crippen LogP contribution in [-0.4, -0.2) is 58.3 Å². The van der Waals surface area contributed by atoms with Gasteiger partial charge in [-0.2, -0.15) is 0 Å². The van der Waals surface area contributed by atoms with Gasteiger partial charge in [0.15, 0.2) is 11.8 Å². The van der Waals surface area contributed by atoms with E-state index in [0.29, 0.717) is 32.0 Å². The van der Waals surface area contributed by atoms with Crippen LogP contribution in [-0.2, 0) is 24.9 Å². The van der Waals surface area contributed by atoms with E-state index >= 15 is 0 Å². The van der Waals surface area contributed by atoms with Crippen LogP contribution >= 0.6 is 24.0 Å². The summed E-state index contributed by atoms with van der Waals surface area (Å²) in [6.45, 7) is 3.61. The van der Waals surface area contributed by atoms with Crippen molar-refractivity contribution in [3.8, 4) is 5.75 Å². The van der Waals surface area contributed by atoms with Crippen LogP contribution in [0.5, 0.6) is 5.75 Å². The van der Waals surface area contributed by atoms with Crippen LogP contribution in [0, 0.1) is 6.92 Å². The molecule has 1 aromatic heterocycles. The summed E-state index contributed by atoms with van der Waals surface area (Å²) in [7, 11) is 5.43. The van der Waals surface area contributed by atoms with Gasteiger partial charge in [-0.25, -0.2) is 4.99 Å². The molecule has 0 saturated carbocycles. The van der Waals surface area contributed by atoms with Crippen molar-refractivity contribution in [1.82, 2.24) is 30.3 Å². The molecule has 2 heterocycles. The van der Waals surface area contributed by atoms with Gasteiger partial charge in [0.2, 0.25) is 5.91 Å². The number of aliphatic imine (C=N–C) groups is 1. The number of benzene rings is 1. The molecule has 1 aliphatic heterocycles. The van der Waals surface area contributed by atoms with Crippen LogP contribution in [0.3, 0.4) is 0 Å².